The Morgan fingerprint density at radius 1 is 1.26 bits per heavy atom. The van der Waals surface area contributed by atoms with E-state index in [4.69, 9.17) is 4.74 Å². The molecule has 7 nitrogen and oxygen atoms in total. The highest BCUT2D eigenvalue weighted by molar-refractivity contribution is 7.89. The Morgan fingerprint density at radius 2 is 1.93 bits per heavy atom. The molecule has 1 aromatic rings. The van der Waals surface area contributed by atoms with Crippen LogP contribution in [0.1, 0.15) is 20.3 Å². The van der Waals surface area contributed by atoms with Crippen LogP contribution in [0.3, 0.4) is 0 Å². The number of rotatable bonds is 8. The van der Waals surface area contributed by atoms with Crippen LogP contribution in [0.15, 0.2) is 40.8 Å². The van der Waals surface area contributed by atoms with E-state index in [2.05, 4.69) is 21.4 Å². The van der Waals surface area contributed by atoms with Crippen LogP contribution < -0.4 is 20.1 Å². The molecule has 3 N–H and O–H groups in total. The first-order chi connectivity index (χ1) is 12.3. The summed E-state index contributed by atoms with van der Waals surface area (Å²) in [7, 11) is -2.30. The van der Waals surface area contributed by atoms with Crippen LogP contribution in [0.5, 0.6) is 5.75 Å². The topological polar surface area (TPSA) is 96.5 Å². The minimum Gasteiger partial charge on any atom is -0.497 e. The highest BCUT2D eigenvalue weighted by Crippen LogP contribution is 2.17. The van der Waals surface area contributed by atoms with Crippen LogP contribution in [-0.4, -0.2) is 47.1 Å². The van der Waals surface area contributed by atoms with Crippen molar-refractivity contribution in [1.82, 2.24) is 15.4 Å². The average Bonchev–Trinajstić information content (AvgIpc) is 2.65. The predicted octanol–water partition coefficient (Wildman–Crippen LogP) is 1.46. The van der Waals surface area contributed by atoms with Gasteiger partial charge < -0.3 is 15.4 Å². The van der Waals surface area contributed by atoms with Crippen molar-refractivity contribution in [2.45, 2.75) is 31.2 Å². The van der Waals surface area contributed by atoms with Crippen LogP contribution in [-0.2, 0) is 14.8 Å². The maximum atomic E-state index is 12.6. The number of ether oxygens (including phenoxy) is 1. The second-order valence-corrected chi connectivity index (χ2v) is 8.27. The standard InChI is InChI=1S/C18H27N3O4S.ClH/c1-13(2)17(18(22)20-12-14-8-10-19-11-9-14)21-26(23,24)16-6-4-15(25-3)5-7-16;/h4-8,13,17,19,21H,9-12H2,1-3H3,(H,20,22);1H. The first-order valence-electron chi connectivity index (χ1n) is 8.66. The molecule has 1 unspecified atom stereocenters. The Balaban J connectivity index is 0.00000364. The van der Waals surface area contributed by atoms with Crippen molar-refractivity contribution in [2.75, 3.05) is 26.7 Å². The SMILES string of the molecule is COc1ccc(S(=O)(=O)NC(C(=O)NCC2=CCNCC2)C(C)C)cc1.Cl. The van der Waals surface area contributed by atoms with Gasteiger partial charge in [-0.25, -0.2) is 8.42 Å². The van der Waals surface area contributed by atoms with Crippen molar-refractivity contribution in [3.63, 3.8) is 0 Å². The molecule has 1 amide bonds. The van der Waals surface area contributed by atoms with Gasteiger partial charge in [0.25, 0.3) is 0 Å². The zero-order chi connectivity index (χ0) is 19.2. The van der Waals surface area contributed by atoms with E-state index in [1.54, 1.807) is 12.1 Å². The zero-order valence-corrected chi connectivity index (χ0v) is 17.5. The second kappa shape index (κ2) is 10.7. The molecule has 0 saturated heterocycles. The van der Waals surface area contributed by atoms with E-state index in [1.807, 2.05) is 13.8 Å². The number of methoxy groups -OCH3 is 1. The molecule has 0 bridgehead atoms. The minimum absolute atomic E-state index is 0. The number of nitrogens with one attached hydrogen (secondary N) is 3. The van der Waals surface area contributed by atoms with Crippen molar-refractivity contribution >= 4 is 28.3 Å². The summed E-state index contributed by atoms with van der Waals surface area (Å²) in [6.45, 7) is 5.74. The summed E-state index contributed by atoms with van der Waals surface area (Å²) >= 11 is 0. The average molecular weight is 418 g/mol. The quantitative estimate of drug-likeness (QED) is 0.556. The molecule has 152 valence electrons. The van der Waals surface area contributed by atoms with Crippen LogP contribution in [0.2, 0.25) is 0 Å². The van der Waals surface area contributed by atoms with Crippen molar-refractivity contribution in [3.05, 3.63) is 35.9 Å². The normalized spacial score (nSPS) is 15.5. The van der Waals surface area contributed by atoms with Gasteiger partial charge in [-0.2, -0.15) is 4.72 Å². The van der Waals surface area contributed by atoms with Crippen molar-refractivity contribution in [2.24, 2.45) is 5.92 Å². The largest absolute Gasteiger partial charge is 0.497 e. The molecular formula is C18H28ClN3O4S. The molecule has 1 aliphatic heterocycles. The molecule has 27 heavy (non-hydrogen) atoms. The van der Waals surface area contributed by atoms with Gasteiger partial charge in [0.15, 0.2) is 0 Å². The van der Waals surface area contributed by atoms with Crippen LogP contribution >= 0.6 is 12.4 Å². The summed E-state index contributed by atoms with van der Waals surface area (Å²) in [6.07, 6.45) is 2.93. The van der Waals surface area contributed by atoms with E-state index in [9.17, 15) is 13.2 Å². The highest BCUT2D eigenvalue weighted by atomic mass is 35.5. The van der Waals surface area contributed by atoms with E-state index >= 15 is 0 Å². The molecule has 1 aliphatic rings. The van der Waals surface area contributed by atoms with Gasteiger partial charge in [-0.15, -0.1) is 12.4 Å². The molecule has 0 radical (unpaired) electrons. The molecule has 0 saturated carbocycles. The lowest BCUT2D eigenvalue weighted by atomic mass is 10.0. The molecule has 1 aromatic carbocycles. The first kappa shape index (κ1) is 23.4. The number of hydrogen-bond donors (Lipinski definition) is 3. The Kier molecular flexibility index (Phi) is 9.25. The fourth-order valence-electron chi connectivity index (χ4n) is 2.62. The third kappa shape index (κ3) is 6.80. The number of halogens is 1. The fourth-order valence-corrected chi connectivity index (χ4v) is 3.97. The smallest absolute Gasteiger partial charge is 0.241 e. The lowest BCUT2D eigenvalue weighted by Gasteiger charge is -2.22. The van der Waals surface area contributed by atoms with Gasteiger partial charge in [0.1, 0.15) is 11.8 Å². The molecular weight excluding hydrogens is 390 g/mol. The maximum Gasteiger partial charge on any atom is 0.241 e. The van der Waals surface area contributed by atoms with Crippen LogP contribution in [0.25, 0.3) is 0 Å². The third-order valence-electron chi connectivity index (χ3n) is 4.25. The van der Waals surface area contributed by atoms with Gasteiger partial charge in [-0.1, -0.05) is 25.5 Å². The number of carbonyl (C=O) groups is 1. The van der Waals surface area contributed by atoms with Gasteiger partial charge >= 0.3 is 0 Å². The van der Waals surface area contributed by atoms with Gasteiger partial charge in [-0.3, -0.25) is 4.79 Å². The molecule has 0 fully saturated rings. The Hall–Kier alpha value is -1.61. The van der Waals surface area contributed by atoms with Crippen LogP contribution in [0, 0.1) is 5.92 Å². The summed E-state index contributed by atoms with van der Waals surface area (Å²) in [6, 6.07) is 5.21. The maximum absolute atomic E-state index is 12.6. The number of sulfonamides is 1. The van der Waals surface area contributed by atoms with Crippen molar-refractivity contribution < 1.29 is 17.9 Å². The molecule has 0 aromatic heterocycles. The zero-order valence-electron chi connectivity index (χ0n) is 15.8. The number of amides is 1. The van der Waals surface area contributed by atoms with E-state index < -0.39 is 16.1 Å². The summed E-state index contributed by atoms with van der Waals surface area (Å²) in [5, 5.41) is 6.06. The Morgan fingerprint density at radius 3 is 2.44 bits per heavy atom. The van der Waals surface area contributed by atoms with Gasteiger partial charge in [-0.05, 0) is 43.1 Å². The predicted molar refractivity (Wildman–Crippen MR) is 108 cm³/mol. The van der Waals surface area contributed by atoms with Gasteiger partial charge in [0.2, 0.25) is 15.9 Å². The highest BCUT2D eigenvalue weighted by Gasteiger charge is 2.28. The molecule has 1 atom stereocenters. The fraction of sp³-hybridized carbons (Fsp3) is 0.500. The van der Waals surface area contributed by atoms with E-state index in [1.165, 1.54) is 19.2 Å². The Bertz CT molecular complexity index is 748. The molecule has 0 aliphatic carbocycles. The summed E-state index contributed by atoms with van der Waals surface area (Å²) in [4.78, 5) is 12.6. The van der Waals surface area contributed by atoms with Gasteiger partial charge in [0, 0.05) is 13.1 Å². The summed E-state index contributed by atoms with van der Waals surface area (Å²) in [5.41, 5.74) is 1.15. The minimum atomic E-state index is -3.81. The monoisotopic (exact) mass is 417 g/mol. The van der Waals surface area contributed by atoms with E-state index in [0.29, 0.717) is 12.3 Å². The lowest BCUT2D eigenvalue weighted by Crippen LogP contribution is -2.50. The van der Waals surface area contributed by atoms with Crippen molar-refractivity contribution in [1.29, 1.82) is 0 Å². The lowest BCUT2D eigenvalue weighted by molar-refractivity contribution is -0.123. The Labute approximate surface area is 167 Å². The third-order valence-corrected chi connectivity index (χ3v) is 5.71. The molecule has 2 rings (SSSR count). The van der Waals surface area contributed by atoms with E-state index in [0.717, 1.165) is 25.1 Å². The number of benzene rings is 1. The summed E-state index contributed by atoms with van der Waals surface area (Å²) in [5.74, 6) is 0.0545. The van der Waals surface area contributed by atoms with E-state index in [-0.39, 0.29) is 29.1 Å². The molecule has 1 heterocycles. The number of carbonyl (C=O) groups excluding carboxylic acids is 1. The second-order valence-electron chi connectivity index (χ2n) is 6.55. The molecule has 0 spiro atoms. The van der Waals surface area contributed by atoms with Crippen LogP contribution in [0.4, 0.5) is 0 Å². The first-order valence-corrected chi connectivity index (χ1v) is 10.1. The van der Waals surface area contributed by atoms with Crippen molar-refractivity contribution in [3.8, 4) is 5.75 Å². The number of hydrogen-bond acceptors (Lipinski definition) is 5. The summed E-state index contributed by atoms with van der Waals surface area (Å²) < 4.78 is 32.8. The molecule has 9 heteroatoms. The van der Waals surface area contributed by atoms with Gasteiger partial charge in [0.05, 0.1) is 12.0 Å².